The van der Waals surface area contributed by atoms with Crippen molar-refractivity contribution in [1.82, 2.24) is 0 Å². The maximum atomic E-state index is 12.8. The van der Waals surface area contributed by atoms with E-state index in [0.717, 1.165) is 56.3 Å². The summed E-state index contributed by atoms with van der Waals surface area (Å²) < 4.78 is 0. The summed E-state index contributed by atoms with van der Waals surface area (Å²) in [5.41, 5.74) is 2.22. The van der Waals surface area contributed by atoms with Crippen LogP contribution in [0.4, 0.5) is 0 Å². The predicted octanol–water partition coefficient (Wildman–Crippen LogP) is 6.96. The van der Waals surface area contributed by atoms with Gasteiger partial charge < -0.3 is 5.11 Å². The molecule has 1 N–H and O–H groups in total. The van der Waals surface area contributed by atoms with Crippen molar-refractivity contribution in [2.24, 2.45) is 51.8 Å². The molecule has 31 heavy (non-hydrogen) atoms. The molecule has 0 heterocycles. The van der Waals surface area contributed by atoms with E-state index in [-0.39, 0.29) is 16.9 Å². The van der Waals surface area contributed by atoms with Crippen molar-refractivity contribution in [3.8, 4) is 0 Å². The number of hydrogen-bond donors (Lipinski definition) is 1. The largest absolute Gasteiger partial charge is 0.393 e. The standard InChI is InChI=1S/C29H46O2/c1-18(2)6-10-24(30)19(3)21-8-9-22-20-7-11-25-28(5,23(20)12-14-27(21,22)4)15-13-26(31)29(25)16-17-29/h11,18-24,30H,6-10,12-17H2,1-5H3/t19-,20-,21+,22-,23-,24-,27+,28+/m0/s1. The van der Waals surface area contributed by atoms with Crippen LogP contribution in [0.5, 0.6) is 0 Å². The number of rotatable bonds is 5. The Balaban J connectivity index is 1.37. The van der Waals surface area contributed by atoms with Crippen molar-refractivity contribution >= 4 is 5.78 Å². The van der Waals surface area contributed by atoms with E-state index in [4.69, 9.17) is 0 Å². The van der Waals surface area contributed by atoms with Crippen LogP contribution in [-0.4, -0.2) is 17.0 Å². The number of ketones is 1. The molecule has 0 bridgehead atoms. The lowest BCUT2D eigenvalue weighted by molar-refractivity contribution is -0.128. The summed E-state index contributed by atoms with van der Waals surface area (Å²) in [5, 5.41) is 11.0. The molecule has 0 radical (unpaired) electrons. The summed E-state index contributed by atoms with van der Waals surface area (Å²) in [5.74, 6) is 4.68. The molecule has 5 aliphatic rings. The van der Waals surface area contributed by atoms with Crippen LogP contribution in [0, 0.1) is 51.8 Å². The Morgan fingerprint density at radius 3 is 2.42 bits per heavy atom. The lowest BCUT2D eigenvalue weighted by atomic mass is 9.45. The van der Waals surface area contributed by atoms with Crippen LogP contribution in [0.1, 0.15) is 105 Å². The van der Waals surface area contributed by atoms with Crippen LogP contribution >= 0.6 is 0 Å². The van der Waals surface area contributed by atoms with Crippen LogP contribution in [0.2, 0.25) is 0 Å². The summed E-state index contributed by atoms with van der Waals surface area (Å²) in [6.07, 6.45) is 15.2. The molecular weight excluding hydrogens is 380 g/mol. The second-order valence-electron chi connectivity index (χ2n) is 13.3. The average Bonchev–Trinajstić information content (AvgIpc) is 3.44. The predicted molar refractivity (Wildman–Crippen MR) is 126 cm³/mol. The topological polar surface area (TPSA) is 37.3 Å². The van der Waals surface area contributed by atoms with Crippen LogP contribution < -0.4 is 0 Å². The number of hydrogen-bond acceptors (Lipinski definition) is 2. The molecule has 0 aliphatic heterocycles. The van der Waals surface area contributed by atoms with E-state index < -0.39 is 0 Å². The molecule has 0 aromatic heterocycles. The van der Waals surface area contributed by atoms with Gasteiger partial charge in [-0.05, 0) is 111 Å². The van der Waals surface area contributed by atoms with Crippen LogP contribution in [-0.2, 0) is 4.79 Å². The summed E-state index contributed by atoms with van der Waals surface area (Å²) >= 11 is 0. The summed E-state index contributed by atoms with van der Waals surface area (Å²) in [6, 6.07) is 0. The van der Waals surface area contributed by atoms with Gasteiger partial charge in [-0.2, -0.15) is 0 Å². The molecule has 0 unspecified atom stereocenters. The highest BCUT2D eigenvalue weighted by atomic mass is 16.3. The van der Waals surface area contributed by atoms with Gasteiger partial charge in [0.05, 0.1) is 11.5 Å². The third kappa shape index (κ3) is 3.17. The Bertz CT molecular complexity index is 761. The molecule has 174 valence electrons. The molecule has 5 rings (SSSR count). The van der Waals surface area contributed by atoms with Crippen molar-refractivity contribution in [2.75, 3.05) is 0 Å². The SMILES string of the molecule is CC(C)CC[C@H](O)[C@@H](C)[C@H]1CC[C@H]2[C@@H]3CC=C4C5(CC5)C(=O)CC[C@]4(C)[C@H]3CC[C@]12C. The van der Waals surface area contributed by atoms with E-state index in [0.29, 0.717) is 29.0 Å². The summed E-state index contributed by atoms with van der Waals surface area (Å²) in [6.45, 7) is 12.0. The summed E-state index contributed by atoms with van der Waals surface area (Å²) in [7, 11) is 0. The monoisotopic (exact) mass is 426 g/mol. The van der Waals surface area contributed by atoms with E-state index in [1.54, 1.807) is 5.57 Å². The van der Waals surface area contributed by atoms with Gasteiger partial charge in [-0.25, -0.2) is 0 Å². The van der Waals surface area contributed by atoms with Gasteiger partial charge in [0, 0.05) is 6.42 Å². The Morgan fingerprint density at radius 1 is 1.00 bits per heavy atom. The van der Waals surface area contributed by atoms with Gasteiger partial charge in [-0.3, -0.25) is 4.79 Å². The fraction of sp³-hybridized carbons (Fsp3) is 0.897. The maximum absolute atomic E-state index is 12.8. The minimum absolute atomic E-state index is 0.0219. The quantitative estimate of drug-likeness (QED) is 0.483. The van der Waals surface area contributed by atoms with Crippen molar-refractivity contribution < 1.29 is 9.90 Å². The number of aliphatic hydroxyl groups is 1. The maximum Gasteiger partial charge on any atom is 0.143 e. The van der Waals surface area contributed by atoms with Gasteiger partial charge >= 0.3 is 0 Å². The van der Waals surface area contributed by atoms with Gasteiger partial charge in [-0.15, -0.1) is 0 Å². The fourth-order valence-electron chi connectivity index (χ4n) is 9.53. The van der Waals surface area contributed by atoms with Crippen LogP contribution in [0.25, 0.3) is 0 Å². The molecule has 0 aromatic carbocycles. The number of fused-ring (bicyclic) bond motifs is 6. The molecule has 8 atom stereocenters. The fourth-order valence-corrected chi connectivity index (χ4v) is 9.53. The second-order valence-corrected chi connectivity index (χ2v) is 13.3. The number of allylic oxidation sites excluding steroid dienone is 2. The van der Waals surface area contributed by atoms with Gasteiger partial charge in [0.25, 0.3) is 0 Å². The molecule has 2 heteroatoms. The number of aliphatic hydroxyl groups excluding tert-OH is 1. The normalized spacial score (nSPS) is 45.0. The van der Waals surface area contributed by atoms with Crippen LogP contribution in [0.3, 0.4) is 0 Å². The Hall–Kier alpha value is -0.630. The van der Waals surface area contributed by atoms with E-state index in [2.05, 4.69) is 40.7 Å². The molecule has 1 spiro atoms. The highest BCUT2D eigenvalue weighted by Gasteiger charge is 2.65. The lowest BCUT2D eigenvalue weighted by Crippen LogP contribution is -2.52. The highest BCUT2D eigenvalue weighted by Crippen LogP contribution is 2.72. The molecule has 2 nitrogen and oxygen atoms in total. The molecule has 0 saturated heterocycles. The Labute approximate surface area is 190 Å². The van der Waals surface area contributed by atoms with Gasteiger partial charge in [0.2, 0.25) is 0 Å². The first kappa shape index (κ1) is 22.2. The van der Waals surface area contributed by atoms with Gasteiger partial charge in [-0.1, -0.05) is 46.3 Å². The zero-order chi connectivity index (χ0) is 22.2. The first-order valence-electron chi connectivity index (χ1n) is 13.6. The van der Waals surface area contributed by atoms with E-state index in [9.17, 15) is 9.90 Å². The minimum Gasteiger partial charge on any atom is -0.393 e. The van der Waals surface area contributed by atoms with E-state index in [1.165, 1.54) is 32.1 Å². The average molecular weight is 427 g/mol. The molecule has 4 fully saturated rings. The third-order valence-corrected chi connectivity index (χ3v) is 11.5. The molecule has 4 saturated carbocycles. The number of carbonyl (C=O) groups is 1. The highest BCUT2D eigenvalue weighted by molar-refractivity contribution is 5.92. The Kier molecular flexibility index (Phi) is 5.32. The Morgan fingerprint density at radius 2 is 1.74 bits per heavy atom. The smallest absolute Gasteiger partial charge is 0.143 e. The van der Waals surface area contributed by atoms with Gasteiger partial charge in [0.1, 0.15) is 5.78 Å². The molecule has 5 aliphatic carbocycles. The van der Waals surface area contributed by atoms with Crippen molar-refractivity contribution in [1.29, 1.82) is 0 Å². The van der Waals surface area contributed by atoms with E-state index in [1.807, 2.05) is 0 Å². The first-order chi connectivity index (χ1) is 14.6. The third-order valence-electron chi connectivity index (χ3n) is 11.5. The van der Waals surface area contributed by atoms with Crippen LogP contribution in [0.15, 0.2) is 11.6 Å². The summed E-state index contributed by atoms with van der Waals surface area (Å²) in [4.78, 5) is 12.8. The number of Topliss-reactive ketones (excluding diaryl/α,β-unsaturated/α-hetero) is 1. The minimum atomic E-state index is -0.143. The van der Waals surface area contributed by atoms with Crippen molar-refractivity contribution in [3.63, 3.8) is 0 Å². The molecule has 0 amide bonds. The molecular formula is C29H46O2. The van der Waals surface area contributed by atoms with Crippen molar-refractivity contribution in [2.45, 2.75) is 111 Å². The zero-order valence-electron chi connectivity index (χ0n) is 20.8. The van der Waals surface area contributed by atoms with Gasteiger partial charge in [0.15, 0.2) is 0 Å². The second kappa shape index (κ2) is 7.44. The van der Waals surface area contributed by atoms with Crippen molar-refractivity contribution in [3.05, 3.63) is 11.6 Å². The molecule has 0 aromatic rings. The van der Waals surface area contributed by atoms with E-state index >= 15 is 0 Å². The number of carbonyl (C=O) groups excluding carboxylic acids is 1. The lowest BCUT2D eigenvalue weighted by Gasteiger charge is -2.59. The zero-order valence-corrected chi connectivity index (χ0v) is 20.8. The first-order valence-corrected chi connectivity index (χ1v) is 13.6.